The first-order valence-electron chi connectivity index (χ1n) is 9.14. The highest BCUT2D eigenvalue weighted by molar-refractivity contribution is 5.34. The van der Waals surface area contributed by atoms with E-state index in [1.807, 2.05) is 47.5 Å². The minimum absolute atomic E-state index is 0.0906. The molecule has 134 valence electrons. The topological polar surface area (TPSA) is 62.6 Å². The number of para-hydroxylation sites is 1. The van der Waals surface area contributed by atoms with E-state index in [0.29, 0.717) is 0 Å². The van der Waals surface area contributed by atoms with Gasteiger partial charge < -0.3 is 4.98 Å². The van der Waals surface area contributed by atoms with E-state index in [-0.39, 0.29) is 6.04 Å². The van der Waals surface area contributed by atoms with Crippen LogP contribution in [0.3, 0.4) is 0 Å². The van der Waals surface area contributed by atoms with Crippen molar-refractivity contribution >= 4 is 0 Å². The summed E-state index contributed by atoms with van der Waals surface area (Å²) < 4.78 is 2.01. The molecule has 1 aliphatic heterocycles. The van der Waals surface area contributed by atoms with Gasteiger partial charge in [-0.1, -0.05) is 24.3 Å². The third-order valence-corrected chi connectivity index (χ3v) is 5.11. The molecule has 3 aromatic heterocycles. The lowest BCUT2D eigenvalue weighted by Gasteiger charge is -2.35. The highest BCUT2D eigenvalue weighted by atomic mass is 15.3. The zero-order chi connectivity index (χ0) is 18.1. The molecule has 1 aliphatic rings. The first-order valence-corrected chi connectivity index (χ1v) is 9.14. The molecule has 0 radical (unpaired) electrons. The van der Waals surface area contributed by atoms with Crippen molar-refractivity contribution in [1.82, 2.24) is 29.6 Å². The molecule has 0 fully saturated rings. The van der Waals surface area contributed by atoms with E-state index < -0.39 is 0 Å². The van der Waals surface area contributed by atoms with Crippen molar-refractivity contribution in [1.29, 1.82) is 0 Å². The average molecular weight is 356 g/mol. The summed E-state index contributed by atoms with van der Waals surface area (Å²) in [6, 6.07) is 16.6. The maximum absolute atomic E-state index is 4.63. The standard InChI is InChI=1S/C21H20N6/c1-2-6-17(7-3-1)27-18(8-11-25-27)14-26-12-9-19-20(24-15-23-19)21(26)16-5-4-10-22-13-16/h1-8,10-11,13,15,21H,9,12,14H2,(H,23,24)/t21-/m0/s1. The summed E-state index contributed by atoms with van der Waals surface area (Å²) in [5, 5.41) is 4.54. The molecule has 0 unspecified atom stereocenters. The average Bonchev–Trinajstić information content (AvgIpc) is 3.38. The summed E-state index contributed by atoms with van der Waals surface area (Å²) in [7, 11) is 0. The quantitative estimate of drug-likeness (QED) is 0.610. The lowest BCUT2D eigenvalue weighted by Crippen LogP contribution is -2.36. The van der Waals surface area contributed by atoms with Crippen molar-refractivity contribution in [2.75, 3.05) is 6.54 Å². The highest BCUT2D eigenvalue weighted by Crippen LogP contribution is 2.34. The summed E-state index contributed by atoms with van der Waals surface area (Å²) in [4.78, 5) is 14.7. The Morgan fingerprint density at radius 2 is 1.96 bits per heavy atom. The SMILES string of the molecule is c1ccc(-n2nccc2CN2CCc3[nH]cnc3[C@@H]2c2cccnc2)cc1. The molecular formula is C21H20N6. The molecule has 0 bridgehead atoms. The summed E-state index contributed by atoms with van der Waals surface area (Å²) in [5.41, 5.74) is 5.72. The van der Waals surface area contributed by atoms with Crippen molar-refractivity contribution in [3.8, 4) is 5.69 Å². The second-order valence-electron chi connectivity index (χ2n) is 6.75. The second kappa shape index (κ2) is 6.81. The third-order valence-electron chi connectivity index (χ3n) is 5.11. The number of nitrogens with one attached hydrogen (secondary N) is 1. The third kappa shape index (κ3) is 2.94. The van der Waals surface area contributed by atoms with Gasteiger partial charge in [-0.3, -0.25) is 9.88 Å². The summed E-state index contributed by atoms with van der Waals surface area (Å²) >= 11 is 0. The van der Waals surface area contributed by atoms with E-state index in [9.17, 15) is 0 Å². The molecule has 0 saturated carbocycles. The molecule has 4 aromatic rings. The van der Waals surface area contributed by atoms with Crippen LogP contribution < -0.4 is 0 Å². The molecule has 0 saturated heterocycles. The van der Waals surface area contributed by atoms with E-state index in [0.717, 1.165) is 42.1 Å². The largest absolute Gasteiger partial charge is 0.348 e. The van der Waals surface area contributed by atoms with Gasteiger partial charge in [0.15, 0.2) is 0 Å². The molecule has 0 spiro atoms. The van der Waals surface area contributed by atoms with Crippen molar-refractivity contribution in [2.45, 2.75) is 19.0 Å². The fourth-order valence-corrected chi connectivity index (χ4v) is 3.86. The van der Waals surface area contributed by atoms with Crippen LogP contribution >= 0.6 is 0 Å². The van der Waals surface area contributed by atoms with Crippen molar-refractivity contribution in [3.63, 3.8) is 0 Å². The number of hydrogen-bond acceptors (Lipinski definition) is 4. The van der Waals surface area contributed by atoms with Gasteiger partial charge in [0.05, 0.1) is 29.4 Å². The Kier molecular flexibility index (Phi) is 4.03. The smallest absolute Gasteiger partial charge is 0.0926 e. The van der Waals surface area contributed by atoms with Crippen molar-refractivity contribution < 1.29 is 0 Å². The number of aromatic amines is 1. The van der Waals surface area contributed by atoms with Crippen LogP contribution in [-0.4, -0.2) is 36.2 Å². The number of rotatable bonds is 4. The van der Waals surface area contributed by atoms with Gasteiger partial charge in [-0.05, 0) is 29.8 Å². The zero-order valence-electron chi connectivity index (χ0n) is 14.9. The van der Waals surface area contributed by atoms with Gasteiger partial charge in [0.2, 0.25) is 0 Å². The predicted molar refractivity (Wildman–Crippen MR) is 102 cm³/mol. The van der Waals surface area contributed by atoms with Crippen LogP contribution in [0.1, 0.15) is 28.7 Å². The Labute approximate surface area is 157 Å². The molecule has 1 N–H and O–H groups in total. The van der Waals surface area contributed by atoms with E-state index >= 15 is 0 Å². The zero-order valence-corrected chi connectivity index (χ0v) is 14.9. The van der Waals surface area contributed by atoms with Gasteiger partial charge >= 0.3 is 0 Å². The summed E-state index contributed by atoms with van der Waals surface area (Å²) in [5.74, 6) is 0. The first-order chi connectivity index (χ1) is 13.4. The van der Waals surface area contributed by atoms with Crippen LogP contribution in [0.5, 0.6) is 0 Å². The number of pyridine rings is 1. The molecule has 0 amide bonds. The maximum Gasteiger partial charge on any atom is 0.0926 e. The van der Waals surface area contributed by atoms with Gasteiger partial charge in [0, 0.05) is 43.8 Å². The summed E-state index contributed by atoms with van der Waals surface area (Å²) in [6.07, 6.45) is 8.38. The van der Waals surface area contributed by atoms with E-state index in [2.05, 4.69) is 49.2 Å². The Hall–Kier alpha value is -3.25. The number of imidazole rings is 1. The van der Waals surface area contributed by atoms with Gasteiger partial charge in [-0.15, -0.1) is 0 Å². The number of aromatic nitrogens is 5. The fourth-order valence-electron chi connectivity index (χ4n) is 3.86. The van der Waals surface area contributed by atoms with Crippen LogP contribution in [0.15, 0.2) is 73.4 Å². The minimum Gasteiger partial charge on any atom is -0.348 e. The molecule has 1 atom stereocenters. The number of fused-ring (bicyclic) bond motifs is 1. The van der Waals surface area contributed by atoms with Crippen molar-refractivity contribution in [2.24, 2.45) is 0 Å². The molecule has 0 aliphatic carbocycles. The lowest BCUT2D eigenvalue weighted by molar-refractivity contribution is 0.196. The number of benzene rings is 1. The van der Waals surface area contributed by atoms with Crippen molar-refractivity contribution in [3.05, 3.63) is 96.1 Å². The fraction of sp³-hybridized carbons (Fsp3) is 0.190. The number of H-pyrrole nitrogens is 1. The highest BCUT2D eigenvalue weighted by Gasteiger charge is 2.31. The molecule has 5 rings (SSSR count). The van der Waals surface area contributed by atoms with E-state index in [1.54, 1.807) is 6.33 Å². The number of hydrogen-bond donors (Lipinski definition) is 1. The molecule has 4 heterocycles. The Morgan fingerprint density at radius 1 is 1.04 bits per heavy atom. The van der Waals surface area contributed by atoms with E-state index in [1.165, 1.54) is 5.69 Å². The normalized spacial score (nSPS) is 17.0. The lowest BCUT2D eigenvalue weighted by atomic mass is 9.96. The van der Waals surface area contributed by atoms with Crippen LogP contribution in [-0.2, 0) is 13.0 Å². The molecular weight excluding hydrogens is 336 g/mol. The van der Waals surface area contributed by atoms with Gasteiger partial charge in [-0.25, -0.2) is 9.67 Å². The van der Waals surface area contributed by atoms with Crippen LogP contribution in [0.4, 0.5) is 0 Å². The molecule has 1 aromatic carbocycles. The second-order valence-corrected chi connectivity index (χ2v) is 6.75. The van der Waals surface area contributed by atoms with Gasteiger partial charge in [-0.2, -0.15) is 5.10 Å². The number of nitrogens with zero attached hydrogens (tertiary/aromatic N) is 5. The van der Waals surface area contributed by atoms with Gasteiger partial charge in [0.25, 0.3) is 0 Å². The Bertz CT molecular complexity index is 1020. The Morgan fingerprint density at radius 3 is 2.81 bits per heavy atom. The van der Waals surface area contributed by atoms with Crippen LogP contribution in [0, 0.1) is 0 Å². The summed E-state index contributed by atoms with van der Waals surface area (Å²) in [6.45, 7) is 1.75. The van der Waals surface area contributed by atoms with Crippen LogP contribution in [0.2, 0.25) is 0 Å². The maximum atomic E-state index is 4.63. The molecule has 6 nitrogen and oxygen atoms in total. The van der Waals surface area contributed by atoms with E-state index in [4.69, 9.17) is 0 Å². The van der Waals surface area contributed by atoms with Gasteiger partial charge in [0.1, 0.15) is 0 Å². The van der Waals surface area contributed by atoms with Crippen LogP contribution in [0.25, 0.3) is 5.69 Å². The predicted octanol–water partition coefficient (Wildman–Crippen LogP) is 3.14. The monoisotopic (exact) mass is 356 g/mol. The molecule has 6 heteroatoms. The first kappa shape index (κ1) is 16.0. The minimum atomic E-state index is 0.0906. The molecule has 27 heavy (non-hydrogen) atoms. The Balaban J connectivity index is 1.51.